The molecule has 0 saturated carbocycles. The van der Waals surface area contributed by atoms with Crippen molar-refractivity contribution in [1.82, 2.24) is 5.32 Å². The molecule has 0 saturated heterocycles. The van der Waals surface area contributed by atoms with Crippen LogP contribution >= 0.6 is 12.4 Å². The third kappa shape index (κ3) is 4.90. The minimum absolute atomic E-state index is 0. The predicted molar refractivity (Wildman–Crippen MR) is 82.1 cm³/mol. The van der Waals surface area contributed by atoms with Gasteiger partial charge in [-0.05, 0) is 32.9 Å². The van der Waals surface area contributed by atoms with Gasteiger partial charge in [-0.1, -0.05) is 0 Å². The van der Waals surface area contributed by atoms with E-state index in [4.69, 9.17) is 15.2 Å². The maximum atomic E-state index is 12.1. The van der Waals surface area contributed by atoms with Crippen LogP contribution in [0.25, 0.3) is 0 Å². The zero-order valence-corrected chi connectivity index (χ0v) is 13.4. The van der Waals surface area contributed by atoms with E-state index in [-0.39, 0.29) is 18.3 Å². The van der Waals surface area contributed by atoms with E-state index < -0.39 is 5.54 Å². The number of nitrogens with two attached hydrogens (primary N) is 1. The second-order valence-corrected chi connectivity index (χ2v) is 5.18. The molecule has 0 aliphatic heterocycles. The molecule has 1 aromatic carbocycles. The molecule has 0 spiro atoms. The van der Waals surface area contributed by atoms with Gasteiger partial charge in [0, 0.05) is 23.2 Å². The Bertz CT molecular complexity index is 445. The van der Waals surface area contributed by atoms with Gasteiger partial charge < -0.3 is 20.5 Å². The summed E-state index contributed by atoms with van der Waals surface area (Å²) in [4.78, 5) is 12.1. The summed E-state index contributed by atoms with van der Waals surface area (Å²) < 4.78 is 10.5. The highest BCUT2D eigenvalue weighted by molar-refractivity contribution is 5.95. The Balaban J connectivity index is 0.00000361. The van der Waals surface area contributed by atoms with E-state index in [9.17, 15) is 4.79 Å². The zero-order valence-electron chi connectivity index (χ0n) is 12.6. The summed E-state index contributed by atoms with van der Waals surface area (Å²) in [7, 11) is 3.12. The minimum Gasteiger partial charge on any atom is -0.496 e. The first-order chi connectivity index (χ1) is 8.78. The highest BCUT2D eigenvalue weighted by Crippen LogP contribution is 2.29. The van der Waals surface area contributed by atoms with Crippen LogP contribution in [0.3, 0.4) is 0 Å². The standard InChI is InChI=1S/C14H22N2O3.ClH/c1-9-11(18-4)6-10(7-12(9)19-5)13(17)16-8-14(2,3)15;/h6-7H,8,15H2,1-5H3,(H,16,17);1H. The van der Waals surface area contributed by atoms with E-state index in [0.717, 1.165) is 5.56 Å². The van der Waals surface area contributed by atoms with Gasteiger partial charge >= 0.3 is 0 Å². The topological polar surface area (TPSA) is 73.6 Å². The first-order valence-corrected chi connectivity index (χ1v) is 6.08. The van der Waals surface area contributed by atoms with Gasteiger partial charge in [-0.3, -0.25) is 4.79 Å². The Morgan fingerprint density at radius 2 is 1.70 bits per heavy atom. The molecule has 20 heavy (non-hydrogen) atoms. The number of hydrogen-bond donors (Lipinski definition) is 2. The lowest BCUT2D eigenvalue weighted by Gasteiger charge is -2.19. The average molecular weight is 303 g/mol. The molecule has 0 unspecified atom stereocenters. The molecular formula is C14H23ClN2O3. The molecule has 0 atom stereocenters. The second-order valence-electron chi connectivity index (χ2n) is 5.18. The molecule has 114 valence electrons. The summed E-state index contributed by atoms with van der Waals surface area (Å²) in [5.74, 6) is 1.04. The lowest BCUT2D eigenvalue weighted by molar-refractivity contribution is 0.0945. The number of benzene rings is 1. The van der Waals surface area contributed by atoms with Crippen molar-refractivity contribution >= 4 is 18.3 Å². The van der Waals surface area contributed by atoms with Crippen molar-refractivity contribution in [2.45, 2.75) is 26.3 Å². The quantitative estimate of drug-likeness (QED) is 0.871. The van der Waals surface area contributed by atoms with Gasteiger partial charge in [-0.15, -0.1) is 12.4 Å². The Morgan fingerprint density at radius 3 is 2.05 bits per heavy atom. The fourth-order valence-corrected chi connectivity index (χ4v) is 1.63. The molecular weight excluding hydrogens is 280 g/mol. The van der Waals surface area contributed by atoms with Gasteiger partial charge in [-0.2, -0.15) is 0 Å². The van der Waals surface area contributed by atoms with Gasteiger partial charge in [0.1, 0.15) is 11.5 Å². The van der Waals surface area contributed by atoms with Crippen LogP contribution in [0.15, 0.2) is 12.1 Å². The molecule has 0 fully saturated rings. The van der Waals surface area contributed by atoms with Gasteiger partial charge in [0.2, 0.25) is 0 Å². The Hall–Kier alpha value is -1.46. The summed E-state index contributed by atoms with van der Waals surface area (Å²) >= 11 is 0. The van der Waals surface area contributed by atoms with Crippen molar-refractivity contribution in [3.05, 3.63) is 23.3 Å². The highest BCUT2D eigenvalue weighted by Gasteiger charge is 2.16. The summed E-state index contributed by atoms with van der Waals surface area (Å²) in [5.41, 5.74) is 6.74. The van der Waals surface area contributed by atoms with Crippen LogP contribution in [0.5, 0.6) is 11.5 Å². The summed E-state index contributed by atoms with van der Waals surface area (Å²) in [5, 5.41) is 2.79. The lowest BCUT2D eigenvalue weighted by Crippen LogP contribution is -2.45. The number of ether oxygens (including phenoxy) is 2. The number of carbonyl (C=O) groups excluding carboxylic acids is 1. The Labute approximate surface area is 126 Å². The molecule has 3 N–H and O–H groups in total. The Morgan fingerprint density at radius 1 is 1.25 bits per heavy atom. The van der Waals surface area contributed by atoms with Crippen LogP contribution < -0.4 is 20.5 Å². The van der Waals surface area contributed by atoms with Crippen molar-refractivity contribution < 1.29 is 14.3 Å². The van der Waals surface area contributed by atoms with Crippen molar-refractivity contribution in [1.29, 1.82) is 0 Å². The molecule has 5 nitrogen and oxygen atoms in total. The molecule has 0 bridgehead atoms. The number of methoxy groups -OCH3 is 2. The summed E-state index contributed by atoms with van der Waals surface area (Å²) in [6.07, 6.45) is 0. The maximum absolute atomic E-state index is 12.1. The third-order valence-electron chi connectivity index (χ3n) is 2.72. The number of rotatable bonds is 5. The van der Waals surface area contributed by atoms with E-state index >= 15 is 0 Å². The van der Waals surface area contributed by atoms with Gasteiger partial charge in [0.15, 0.2) is 0 Å². The number of amides is 1. The highest BCUT2D eigenvalue weighted by atomic mass is 35.5. The average Bonchev–Trinajstić information content (AvgIpc) is 2.35. The molecule has 1 amide bonds. The SMILES string of the molecule is COc1cc(C(=O)NCC(C)(C)N)cc(OC)c1C.Cl. The molecule has 1 rings (SSSR count). The van der Waals surface area contributed by atoms with Crippen LogP contribution in [0.1, 0.15) is 29.8 Å². The normalized spacial score (nSPS) is 10.5. The summed E-state index contributed by atoms with van der Waals surface area (Å²) in [6.45, 7) is 5.97. The van der Waals surface area contributed by atoms with Crippen LogP contribution in [0.4, 0.5) is 0 Å². The molecule has 0 aromatic heterocycles. The number of halogens is 1. The second kappa shape index (κ2) is 7.36. The zero-order chi connectivity index (χ0) is 14.6. The number of carbonyl (C=O) groups is 1. The van der Waals surface area contributed by atoms with Gasteiger partial charge in [0.05, 0.1) is 14.2 Å². The first kappa shape index (κ1) is 18.5. The van der Waals surface area contributed by atoms with E-state index in [1.54, 1.807) is 26.4 Å². The molecule has 0 heterocycles. The van der Waals surface area contributed by atoms with Crippen molar-refractivity contribution in [3.8, 4) is 11.5 Å². The van der Waals surface area contributed by atoms with E-state index in [2.05, 4.69) is 5.32 Å². The van der Waals surface area contributed by atoms with Crippen molar-refractivity contribution in [2.75, 3.05) is 20.8 Å². The molecule has 0 aliphatic carbocycles. The first-order valence-electron chi connectivity index (χ1n) is 6.08. The fraction of sp³-hybridized carbons (Fsp3) is 0.500. The number of hydrogen-bond acceptors (Lipinski definition) is 4. The smallest absolute Gasteiger partial charge is 0.251 e. The van der Waals surface area contributed by atoms with Crippen molar-refractivity contribution in [3.63, 3.8) is 0 Å². The predicted octanol–water partition coefficient (Wildman–Crippen LogP) is 1.90. The molecule has 0 aliphatic rings. The Kier molecular flexibility index (Phi) is 6.82. The largest absolute Gasteiger partial charge is 0.496 e. The van der Waals surface area contributed by atoms with Gasteiger partial charge in [-0.25, -0.2) is 0 Å². The number of nitrogens with one attached hydrogen (secondary N) is 1. The summed E-state index contributed by atoms with van der Waals surface area (Å²) in [6, 6.07) is 3.38. The third-order valence-corrected chi connectivity index (χ3v) is 2.72. The van der Waals surface area contributed by atoms with Crippen LogP contribution in [-0.4, -0.2) is 32.2 Å². The van der Waals surface area contributed by atoms with Gasteiger partial charge in [0.25, 0.3) is 5.91 Å². The van der Waals surface area contributed by atoms with Crippen LogP contribution in [-0.2, 0) is 0 Å². The molecule has 6 heteroatoms. The fourth-order valence-electron chi connectivity index (χ4n) is 1.63. The van der Waals surface area contributed by atoms with E-state index in [0.29, 0.717) is 23.6 Å². The molecule has 0 radical (unpaired) electrons. The van der Waals surface area contributed by atoms with Crippen molar-refractivity contribution in [2.24, 2.45) is 5.73 Å². The monoisotopic (exact) mass is 302 g/mol. The molecule has 1 aromatic rings. The minimum atomic E-state index is -0.450. The van der Waals surface area contributed by atoms with E-state index in [1.165, 1.54) is 0 Å². The van der Waals surface area contributed by atoms with Crippen LogP contribution in [0, 0.1) is 6.92 Å². The van der Waals surface area contributed by atoms with E-state index in [1.807, 2.05) is 20.8 Å². The van der Waals surface area contributed by atoms with Crippen LogP contribution in [0.2, 0.25) is 0 Å². The maximum Gasteiger partial charge on any atom is 0.251 e. The lowest BCUT2D eigenvalue weighted by atomic mass is 10.1.